The summed E-state index contributed by atoms with van der Waals surface area (Å²) in [6.07, 6.45) is 6.64. The van der Waals surface area contributed by atoms with Crippen LogP contribution in [0.5, 0.6) is 0 Å². The van der Waals surface area contributed by atoms with E-state index in [9.17, 15) is 14.9 Å². The molecular weight excluding hydrogens is 522 g/mol. The van der Waals surface area contributed by atoms with Gasteiger partial charge in [-0.25, -0.2) is 4.98 Å². The molecule has 6 rings (SSSR count). The van der Waals surface area contributed by atoms with Gasteiger partial charge in [0.25, 0.3) is 17.5 Å². The van der Waals surface area contributed by atoms with Crippen LogP contribution in [0.25, 0.3) is 10.2 Å². The molecule has 39 heavy (non-hydrogen) atoms. The molecule has 0 spiro atoms. The molecule has 1 amide bonds. The van der Waals surface area contributed by atoms with Crippen LogP contribution in [0.3, 0.4) is 0 Å². The third kappa shape index (κ3) is 5.13. The molecule has 0 aliphatic carbocycles. The molecule has 2 fully saturated rings. The van der Waals surface area contributed by atoms with E-state index >= 15 is 0 Å². The number of rotatable bonds is 6. The fourth-order valence-electron chi connectivity index (χ4n) is 4.91. The number of amides is 1. The van der Waals surface area contributed by atoms with Crippen LogP contribution in [0.2, 0.25) is 0 Å². The Labute approximate surface area is 227 Å². The Morgan fingerprint density at radius 3 is 2.15 bits per heavy atom. The van der Waals surface area contributed by atoms with Gasteiger partial charge in [-0.2, -0.15) is 30.2 Å². The topological polar surface area (TPSA) is 159 Å². The van der Waals surface area contributed by atoms with E-state index in [0.717, 1.165) is 63.2 Å². The smallest absolute Gasteiger partial charge is 0.282 e. The van der Waals surface area contributed by atoms with Gasteiger partial charge in [-0.05, 0) is 51.5 Å². The molecule has 0 N–H and O–H groups in total. The summed E-state index contributed by atoms with van der Waals surface area (Å²) < 4.78 is 0.614. The molecule has 0 bridgehead atoms. The summed E-state index contributed by atoms with van der Waals surface area (Å²) in [4.78, 5) is 46.8. The van der Waals surface area contributed by atoms with Gasteiger partial charge in [0.2, 0.25) is 17.0 Å². The van der Waals surface area contributed by atoms with E-state index in [2.05, 4.69) is 40.1 Å². The number of nitro benzene ring substituents is 1. The Balaban J connectivity index is 1.27. The van der Waals surface area contributed by atoms with Gasteiger partial charge in [0.15, 0.2) is 6.04 Å². The highest BCUT2D eigenvalue weighted by molar-refractivity contribution is 7.21. The van der Waals surface area contributed by atoms with Gasteiger partial charge in [0.1, 0.15) is 0 Å². The van der Waals surface area contributed by atoms with E-state index in [1.807, 2.05) is 0 Å². The first-order valence-electron chi connectivity index (χ1n) is 13.1. The second-order valence-electron chi connectivity index (χ2n) is 9.75. The van der Waals surface area contributed by atoms with E-state index in [1.165, 1.54) is 30.0 Å². The van der Waals surface area contributed by atoms with Gasteiger partial charge in [-0.3, -0.25) is 14.9 Å². The highest BCUT2D eigenvalue weighted by Crippen LogP contribution is 2.32. The first kappa shape index (κ1) is 25.2. The van der Waals surface area contributed by atoms with Crippen LogP contribution >= 0.6 is 11.3 Å². The van der Waals surface area contributed by atoms with E-state index in [-0.39, 0.29) is 11.6 Å². The van der Waals surface area contributed by atoms with Gasteiger partial charge in [-0.1, -0.05) is 11.3 Å². The number of nitrogens with zero attached hydrogens (tertiary/aromatic N) is 11. The molecule has 1 unspecified atom stereocenters. The van der Waals surface area contributed by atoms with Crippen molar-refractivity contribution in [2.75, 3.05) is 41.0 Å². The van der Waals surface area contributed by atoms with Crippen LogP contribution in [0.1, 0.15) is 45.4 Å². The zero-order valence-electron chi connectivity index (χ0n) is 21.4. The van der Waals surface area contributed by atoms with Crippen molar-refractivity contribution >= 4 is 61.8 Å². The first-order chi connectivity index (χ1) is 19.0. The van der Waals surface area contributed by atoms with Gasteiger partial charge in [0, 0.05) is 38.3 Å². The molecule has 14 nitrogen and oxygen atoms in total. The Morgan fingerprint density at radius 1 is 0.923 bits per heavy atom. The number of hydrazone groups is 1. The number of non-ortho nitro benzene ring substituents is 1. The zero-order chi connectivity index (χ0) is 26.9. The Morgan fingerprint density at radius 2 is 1.54 bits per heavy atom. The van der Waals surface area contributed by atoms with E-state index in [0.29, 0.717) is 33.0 Å². The van der Waals surface area contributed by atoms with Crippen molar-refractivity contribution in [3.05, 3.63) is 28.3 Å². The predicted molar refractivity (Wildman–Crippen MR) is 147 cm³/mol. The van der Waals surface area contributed by atoms with Crippen LogP contribution in [0.15, 0.2) is 33.5 Å². The molecule has 3 aliphatic heterocycles. The number of carbonyl (C=O) groups excluding carboxylic acids is 1. The average Bonchev–Trinajstić information content (AvgIpc) is 3.51. The van der Waals surface area contributed by atoms with Gasteiger partial charge in [0.05, 0.1) is 20.9 Å². The molecule has 202 valence electrons. The number of azo groups is 1. The number of nitro groups is 1. The number of fused-ring (bicyclic) bond motifs is 1. The van der Waals surface area contributed by atoms with Crippen molar-refractivity contribution in [1.29, 1.82) is 0 Å². The molecule has 0 radical (unpaired) electrons. The fraction of sp³-hybridized carbons (Fsp3) is 0.500. The molecule has 3 aromatic rings. The summed E-state index contributed by atoms with van der Waals surface area (Å²) in [5, 5.41) is 25.4. The first-order valence-corrected chi connectivity index (χ1v) is 13.9. The summed E-state index contributed by atoms with van der Waals surface area (Å²) >= 11 is 1.16. The number of benzene rings is 1. The second-order valence-corrected chi connectivity index (χ2v) is 10.8. The minimum absolute atomic E-state index is 0.0237. The van der Waals surface area contributed by atoms with Crippen molar-refractivity contribution in [3.63, 3.8) is 0 Å². The Hall–Kier alpha value is -4.14. The maximum absolute atomic E-state index is 13.4. The van der Waals surface area contributed by atoms with E-state index < -0.39 is 16.9 Å². The quantitative estimate of drug-likeness (QED) is 0.249. The van der Waals surface area contributed by atoms with Gasteiger partial charge < -0.3 is 9.80 Å². The Kier molecular flexibility index (Phi) is 6.81. The number of carbonyl (C=O) groups is 1. The normalized spacial score (nSPS) is 20.3. The summed E-state index contributed by atoms with van der Waals surface area (Å²) in [6.45, 7) is 5.16. The second kappa shape index (κ2) is 10.6. The summed E-state index contributed by atoms with van der Waals surface area (Å²) in [6, 6.07) is 3.46. The lowest BCUT2D eigenvalue weighted by molar-refractivity contribution is -0.384. The third-order valence-corrected chi connectivity index (χ3v) is 7.90. The fourth-order valence-corrected chi connectivity index (χ4v) is 5.73. The lowest BCUT2D eigenvalue weighted by Gasteiger charge is -2.30. The monoisotopic (exact) mass is 549 g/mol. The summed E-state index contributed by atoms with van der Waals surface area (Å²) in [7, 11) is 0. The molecule has 3 aliphatic rings. The lowest BCUT2D eigenvalue weighted by atomic mass is 10.1. The van der Waals surface area contributed by atoms with E-state index in [4.69, 9.17) is 4.98 Å². The number of thiazole rings is 1. The highest BCUT2D eigenvalue weighted by Gasteiger charge is 2.37. The van der Waals surface area contributed by atoms with Crippen molar-refractivity contribution in [2.45, 2.75) is 51.5 Å². The highest BCUT2D eigenvalue weighted by atomic mass is 32.1. The Bertz CT molecular complexity index is 1440. The van der Waals surface area contributed by atoms with Crippen LogP contribution < -0.4 is 14.8 Å². The van der Waals surface area contributed by atoms with Crippen LogP contribution in [-0.4, -0.2) is 68.7 Å². The predicted octanol–water partition coefficient (Wildman–Crippen LogP) is 4.25. The van der Waals surface area contributed by atoms with Crippen LogP contribution in [0.4, 0.5) is 28.7 Å². The largest absolute Gasteiger partial charge is 0.341 e. The summed E-state index contributed by atoms with van der Waals surface area (Å²) in [5.41, 5.74) is 1.01. The maximum Gasteiger partial charge on any atom is 0.282 e. The van der Waals surface area contributed by atoms with Crippen molar-refractivity contribution in [3.8, 4) is 0 Å². The lowest BCUT2D eigenvalue weighted by Crippen LogP contribution is -2.36. The molecular formula is C24H27N11O3S. The minimum Gasteiger partial charge on any atom is -0.341 e. The number of hydrogen-bond acceptors (Lipinski definition) is 13. The molecule has 5 heterocycles. The minimum atomic E-state index is -0.944. The SMILES string of the molecule is CC1=NN(c2nc(N3CCCCC3)nc(N3CCCCC3)n2)C(=O)C1N=Nc1nc2ccc([N+](=O)[O-])cc2s1. The average molecular weight is 550 g/mol. The van der Waals surface area contributed by atoms with Crippen LogP contribution in [-0.2, 0) is 4.79 Å². The van der Waals surface area contributed by atoms with Crippen molar-refractivity contribution in [2.24, 2.45) is 15.3 Å². The number of hydrogen-bond donors (Lipinski definition) is 0. The van der Waals surface area contributed by atoms with Crippen LogP contribution in [0, 0.1) is 10.1 Å². The maximum atomic E-state index is 13.4. The van der Waals surface area contributed by atoms with E-state index in [1.54, 1.807) is 13.0 Å². The van der Waals surface area contributed by atoms with Gasteiger partial charge >= 0.3 is 0 Å². The number of anilines is 3. The molecule has 15 heteroatoms. The molecule has 0 saturated carbocycles. The molecule has 1 atom stereocenters. The number of aromatic nitrogens is 4. The zero-order valence-corrected chi connectivity index (χ0v) is 22.2. The molecule has 2 aromatic heterocycles. The third-order valence-electron chi connectivity index (χ3n) is 6.99. The standard InChI is InChI=1S/C24H27N11O3S/c1-15-19(29-30-24-25-17-9-8-16(35(37)38)14-18(17)39-24)20(36)34(31-15)23-27-21(32-10-4-2-5-11-32)26-22(28-23)33-12-6-3-7-13-33/h8-9,14,19H,2-7,10-13H2,1H3. The molecule has 1 aromatic carbocycles. The summed E-state index contributed by atoms with van der Waals surface area (Å²) in [5.74, 6) is 0.901. The number of piperidine rings is 2. The van der Waals surface area contributed by atoms with Crippen molar-refractivity contribution in [1.82, 2.24) is 19.9 Å². The molecule has 2 saturated heterocycles. The van der Waals surface area contributed by atoms with Crippen molar-refractivity contribution < 1.29 is 9.72 Å². The van der Waals surface area contributed by atoms with Gasteiger partial charge in [-0.15, -0.1) is 5.11 Å².